The molecule has 1 aliphatic heterocycles. The van der Waals surface area contributed by atoms with E-state index in [-0.39, 0.29) is 5.91 Å². The topological polar surface area (TPSA) is 67.6 Å². The predicted molar refractivity (Wildman–Crippen MR) is 87.0 cm³/mol. The van der Waals surface area contributed by atoms with Gasteiger partial charge in [-0.15, -0.1) is 0 Å². The number of hydrogen-bond acceptors (Lipinski definition) is 4. The lowest BCUT2D eigenvalue weighted by Crippen LogP contribution is -2.34. The first-order chi connectivity index (χ1) is 10.6. The van der Waals surface area contributed by atoms with Crippen LogP contribution in [-0.2, 0) is 4.79 Å². The Morgan fingerprint density at radius 2 is 2.23 bits per heavy atom. The molecule has 5 nitrogen and oxygen atoms in total. The van der Waals surface area contributed by atoms with Crippen molar-refractivity contribution in [3.8, 4) is 5.75 Å². The van der Waals surface area contributed by atoms with Gasteiger partial charge >= 0.3 is 0 Å². The van der Waals surface area contributed by atoms with Crippen LogP contribution in [0, 0.1) is 18.8 Å². The van der Waals surface area contributed by atoms with Gasteiger partial charge in [0.2, 0.25) is 5.91 Å². The number of hydrogen-bond donors (Lipinski definition) is 2. The fraction of sp³-hybridized carbons (Fsp3) is 0.588. The van der Waals surface area contributed by atoms with Gasteiger partial charge < -0.3 is 15.8 Å². The third-order valence-corrected chi connectivity index (χ3v) is 4.98. The number of fused-ring (bicyclic) bond motifs is 1. The molecule has 1 saturated heterocycles. The Kier molecular flexibility index (Phi) is 4.36. The fourth-order valence-corrected chi connectivity index (χ4v) is 3.84. The van der Waals surface area contributed by atoms with Gasteiger partial charge in [0.1, 0.15) is 5.75 Å². The van der Waals surface area contributed by atoms with E-state index >= 15 is 0 Å². The van der Waals surface area contributed by atoms with Crippen LogP contribution in [0.25, 0.3) is 0 Å². The normalized spacial score (nSPS) is 27.7. The molecular weight excluding hydrogens is 278 g/mol. The molecule has 0 spiro atoms. The lowest BCUT2D eigenvalue weighted by molar-refractivity contribution is -0.117. The van der Waals surface area contributed by atoms with E-state index in [1.807, 2.05) is 25.1 Å². The summed E-state index contributed by atoms with van der Waals surface area (Å²) >= 11 is 0. The minimum Gasteiger partial charge on any atom is -0.495 e. The molecule has 120 valence electrons. The Morgan fingerprint density at radius 3 is 2.95 bits per heavy atom. The van der Waals surface area contributed by atoms with Gasteiger partial charge in [-0.3, -0.25) is 9.69 Å². The smallest absolute Gasteiger partial charge is 0.238 e. The summed E-state index contributed by atoms with van der Waals surface area (Å²) < 4.78 is 5.30. The number of nitrogens with zero attached hydrogens (tertiary/aromatic N) is 1. The van der Waals surface area contributed by atoms with Gasteiger partial charge in [-0.2, -0.15) is 0 Å². The number of benzene rings is 1. The number of methoxy groups -OCH3 is 1. The Morgan fingerprint density at radius 1 is 1.41 bits per heavy atom. The van der Waals surface area contributed by atoms with Crippen LogP contribution in [0.3, 0.4) is 0 Å². The number of ether oxygens (including phenoxy) is 1. The predicted octanol–water partition coefficient (Wildman–Crippen LogP) is 1.61. The molecule has 3 atom stereocenters. The van der Waals surface area contributed by atoms with E-state index in [1.54, 1.807) is 7.11 Å². The highest BCUT2D eigenvalue weighted by Crippen LogP contribution is 2.37. The average molecular weight is 303 g/mol. The van der Waals surface area contributed by atoms with Gasteiger partial charge in [0.25, 0.3) is 0 Å². The first-order valence-corrected chi connectivity index (χ1v) is 7.99. The second-order valence-electron chi connectivity index (χ2n) is 6.61. The van der Waals surface area contributed by atoms with Crippen molar-refractivity contribution in [2.75, 3.05) is 32.1 Å². The van der Waals surface area contributed by atoms with Gasteiger partial charge in [0.15, 0.2) is 0 Å². The zero-order chi connectivity index (χ0) is 15.7. The first kappa shape index (κ1) is 15.3. The summed E-state index contributed by atoms with van der Waals surface area (Å²) in [6, 6.07) is 6.10. The molecule has 5 heteroatoms. The standard InChI is InChI=1S/C17H25N3O2/c1-11-3-6-16(22-2)15(7-11)19-17(21)10-20-8-12-4-5-14(18)13(12)9-20/h3,6-7,12-14H,4-5,8-10,18H2,1-2H3,(H,19,21). The molecule has 0 radical (unpaired) electrons. The maximum atomic E-state index is 12.3. The van der Waals surface area contributed by atoms with Crippen LogP contribution in [0.15, 0.2) is 18.2 Å². The number of aryl methyl sites for hydroxylation is 1. The van der Waals surface area contributed by atoms with Crippen molar-refractivity contribution in [2.45, 2.75) is 25.8 Å². The zero-order valence-corrected chi connectivity index (χ0v) is 13.3. The molecule has 0 aromatic heterocycles. The van der Waals surface area contributed by atoms with Crippen LogP contribution in [0.5, 0.6) is 5.75 Å². The number of anilines is 1. The van der Waals surface area contributed by atoms with Crippen LogP contribution in [0.1, 0.15) is 18.4 Å². The average Bonchev–Trinajstić information content (AvgIpc) is 3.01. The lowest BCUT2D eigenvalue weighted by atomic mass is 9.98. The molecule has 2 aliphatic rings. The third-order valence-electron chi connectivity index (χ3n) is 4.98. The minimum absolute atomic E-state index is 0.0115. The molecule has 1 aromatic rings. The van der Waals surface area contributed by atoms with Gasteiger partial charge in [-0.1, -0.05) is 6.07 Å². The zero-order valence-electron chi connectivity index (χ0n) is 13.3. The number of amides is 1. The largest absolute Gasteiger partial charge is 0.495 e. The lowest BCUT2D eigenvalue weighted by Gasteiger charge is -2.18. The highest BCUT2D eigenvalue weighted by molar-refractivity contribution is 5.93. The quantitative estimate of drug-likeness (QED) is 0.887. The second-order valence-corrected chi connectivity index (χ2v) is 6.61. The molecule has 1 aromatic carbocycles. The van der Waals surface area contributed by atoms with E-state index in [2.05, 4.69) is 10.2 Å². The highest BCUT2D eigenvalue weighted by Gasteiger charge is 2.41. The summed E-state index contributed by atoms with van der Waals surface area (Å²) in [4.78, 5) is 14.5. The van der Waals surface area contributed by atoms with Crippen LogP contribution in [-0.4, -0.2) is 43.6 Å². The molecule has 3 unspecified atom stereocenters. The van der Waals surface area contributed by atoms with E-state index < -0.39 is 0 Å². The van der Waals surface area contributed by atoms with Gasteiger partial charge in [-0.25, -0.2) is 0 Å². The Bertz CT molecular complexity index is 561. The number of rotatable bonds is 4. The van der Waals surface area contributed by atoms with E-state index in [9.17, 15) is 4.79 Å². The summed E-state index contributed by atoms with van der Waals surface area (Å²) in [5.74, 6) is 1.95. The van der Waals surface area contributed by atoms with E-state index in [0.717, 1.165) is 30.8 Å². The molecular formula is C17H25N3O2. The van der Waals surface area contributed by atoms with E-state index in [0.29, 0.717) is 30.2 Å². The number of carbonyl (C=O) groups is 1. The summed E-state index contributed by atoms with van der Waals surface area (Å²) in [6.45, 7) is 4.37. The van der Waals surface area contributed by atoms with Crippen molar-refractivity contribution >= 4 is 11.6 Å². The van der Waals surface area contributed by atoms with E-state index in [1.165, 1.54) is 6.42 Å². The van der Waals surface area contributed by atoms with Crippen molar-refractivity contribution in [1.29, 1.82) is 0 Å². The van der Waals surface area contributed by atoms with E-state index in [4.69, 9.17) is 10.5 Å². The molecule has 3 rings (SSSR count). The first-order valence-electron chi connectivity index (χ1n) is 7.99. The second kappa shape index (κ2) is 6.26. The maximum Gasteiger partial charge on any atom is 0.238 e. The number of likely N-dealkylation sites (tertiary alicyclic amines) is 1. The summed E-state index contributed by atoms with van der Waals surface area (Å²) in [5, 5.41) is 2.97. The molecule has 22 heavy (non-hydrogen) atoms. The third kappa shape index (κ3) is 3.10. The van der Waals surface area contributed by atoms with Crippen LogP contribution in [0.4, 0.5) is 5.69 Å². The Balaban J connectivity index is 1.58. The molecule has 1 amide bonds. The Labute approximate surface area is 131 Å². The SMILES string of the molecule is COc1ccc(C)cc1NC(=O)CN1CC2CCC(N)C2C1. The molecule has 3 N–H and O–H groups in total. The summed E-state index contributed by atoms with van der Waals surface area (Å²) in [5.41, 5.74) is 7.98. The summed E-state index contributed by atoms with van der Waals surface area (Å²) in [7, 11) is 1.61. The monoisotopic (exact) mass is 303 g/mol. The minimum atomic E-state index is 0.0115. The molecule has 1 heterocycles. The molecule has 0 bridgehead atoms. The number of carbonyl (C=O) groups excluding carboxylic acids is 1. The van der Waals surface area contributed by atoms with Gasteiger partial charge in [0.05, 0.1) is 19.3 Å². The van der Waals surface area contributed by atoms with Crippen LogP contribution < -0.4 is 15.8 Å². The van der Waals surface area contributed by atoms with Crippen molar-refractivity contribution < 1.29 is 9.53 Å². The van der Waals surface area contributed by atoms with Crippen molar-refractivity contribution in [3.63, 3.8) is 0 Å². The van der Waals surface area contributed by atoms with Crippen LogP contribution >= 0.6 is 0 Å². The number of nitrogens with one attached hydrogen (secondary N) is 1. The Hall–Kier alpha value is -1.59. The van der Waals surface area contributed by atoms with Crippen molar-refractivity contribution in [1.82, 2.24) is 4.90 Å². The van der Waals surface area contributed by atoms with Crippen molar-refractivity contribution in [2.24, 2.45) is 17.6 Å². The van der Waals surface area contributed by atoms with Crippen molar-refractivity contribution in [3.05, 3.63) is 23.8 Å². The van der Waals surface area contributed by atoms with Crippen LogP contribution in [0.2, 0.25) is 0 Å². The van der Waals surface area contributed by atoms with Gasteiger partial charge in [-0.05, 0) is 49.3 Å². The molecule has 1 saturated carbocycles. The summed E-state index contributed by atoms with van der Waals surface area (Å²) in [6.07, 6.45) is 2.34. The molecule has 2 fully saturated rings. The molecule has 1 aliphatic carbocycles. The maximum absolute atomic E-state index is 12.3. The highest BCUT2D eigenvalue weighted by atomic mass is 16.5. The van der Waals surface area contributed by atoms with Gasteiger partial charge in [0, 0.05) is 19.1 Å². The number of nitrogens with two attached hydrogens (primary N) is 1. The fourth-order valence-electron chi connectivity index (χ4n) is 3.84.